The first-order valence-corrected chi connectivity index (χ1v) is 15.5. The summed E-state index contributed by atoms with van der Waals surface area (Å²) in [5.74, 6) is -2.71. The number of hydroxylamine groups is 2. The molecule has 1 unspecified atom stereocenters. The van der Waals surface area contributed by atoms with Crippen molar-refractivity contribution in [3.63, 3.8) is 0 Å². The Morgan fingerprint density at radius 2 is 1.60 bits per heavy atom. The minimum Gasteiger partial charge on any atom is -0.495 e. The molecule has 0 spiro atoms. The molecule has 1 atom stereocenters. The van der Waals surface area contributed by atoms with Gasteiger partial charge in [-0.15, -0.1) is 0 Å². The number of para-hydroxylation sites is 1. The van der Waals surface area contributed by atoms with Gasteiger partial charge in [-0.05, 0) is 61.5 Å². The molecule has 1 aliphatic rings. The Kier molecular flexibility index (Phi) is 9.03. The molecule has 14 heteroatoms. The van der Waals surface area contributed by atoms with Crippen LogP contribution in [0, 0.1) is 0 Å². The lowest BCUT2D eigenvalue weighted by Gasteiger charge is -2.28. The van der Waals surface area contributed by atoms with Crippen LogP contribution in [0.25, 0.3) is 0 Å². The average molecular weight is 671 g/mol. The summed E-state index contributed by atoms with van der Waals surface area (Å²) in [4.78, 5) is 51.3. The van der Waals surface area contributed by atoms with Crippen LogP contribution in [-0.4, -0.2) is 39.9 Å². The highest BCUT2D eigenvalue weighted by atomic mass is 35.5. The van der Waals surface area contributed by atoms with Gasteiger partial charge < -0.3 is 9.57 Å². The van der Waals surface area contributed by atoms with Gasteiger partial charge in [0.25, 0.3) is 27.7 Å². The number of amides is 3. The molecule has 0 aliphatic carbocycles. The number of halogens is 2. The van der Waals surface area contributed by atoms with E-state index in [1.807, 2.05) is 0 Å². The Labute approximate surface area is 268 Å². The van der Waals surface area contributed by atoms with Gasteiger partial charge in [-0.1, -0.05) is 59.6 Å². The molecule has 4 aromatic carbocycles. The van der Waals surface area contributed by atoms with Crippen LogP contribution in [-0.2, 0) is 29.9 Å². The van der Waals surface area contributed by atoms with Crippen molar-refractivity contribution in [2.45, 2.75) is 17.2 Å². The smallest absolute Gasteiger partial charge is 0.284 e. The Bertz CT molecular complexity index is 1910. The molecule has 0 bridgehead atoms. The number of hydrogen-bond acceptors (Lipinski definition) is 8. The van der Waals surface area contributed by atoms with E-state index >= 15 is 0 Å². The summed E-state index contributed by atoms with van der Waals surface area (Å²) < 4.78 is 34.6. The van der Waals surface area contributed by atoms with Crippen LogP contribution in [0.3, 0.4) is 0 Å². The van der Waals surface area contributed by atoms with Crippen LogP contribution in [0.1, 0.15) is 28.4 Å². The molecule has 2 N–H and O–H groups in total. The quantitative estimate of drug-likeness (QED) is 0.181. The van der Waals surface area contributed by atoms with Gasteiger partial charge >= 0.3 is 0 Å². The molecule has 45 heavy (non-hydrogen) atoms. The largest absolute Gasteiger partial charge is 0.495 e. The van der Waals surface area contributed by atoms with E-state index in [2.05, 4.69) is 11.0 Å². The van der Waals surface area contributed by atoms with E-state index in [0.717, 1.165) is 6.07 Å². The molecule has 0 aromatic heterocycles. The van der Waals surface area contributed by atoms with Crippen LogP contribution >= 0.6 is 23.2 Å². The fourth-order valence-corrected chi connectivity index (χ4v) is 7.01. The van der Waals surface area contributed by atoms with E-state index < -0.39 is 38.1 Å². The fourth-order valence-electron chi connectivity index (χ4n) is 4.96. The first-order valence-electron chi connectivity index (χ1n) is 13.3. The van der Waals surface area contributed by atoms with Crippen molar-refractivity contribution in [2.75, 3.05) is 18.0 Å². The number of carbonyl (C=O) groups excluding carboxylic acids is 3. The van der Waals surface area contributed by atoms with Gasteiger partial charge in [0.2, 0.25) is 0 Å². The van der Waals surface area contributed by atoms with E-state index in [9.17, 15) is 22.8 Å². The Morgan fingerprint density at radius 3 is 2.29 bits per heavy atom. The molecule has 0 saturated carbocycles. The summed E-state index contributed by atoms with van der Waals surface area (Å²) in [7, 11) is -3.60. The van der Waals surface area contributed by atoms with E-state index in [4.69, 9.17) is 37.6 Å². The lowest BCUT2D eigenvalue weighted by molar-refractivity contribution is -0.142. The first-order chi connectivity index (χ1) is 21.6. The third-order valence-corrected chi connectivity index (χ3v) is 9.26. The standard InChI is InChI=1S/C31H25Cl2N3O8S/c1-3-43-35-29(38)31(22-11-7-8-12-24(22)33)23-18-20(32)14-15-25(23)36(30(31)39)45(40,41)27-16-13-19(17-26(27)42-2)28(37)34-44-21-9-5-4-6-10-21/h4-18H,3H2,1-2H3,(H,34,37)(H,35,38). The second-order valence-electron chi connectivity index (χ2n) is 9.54. The number of benzene rings is 4. The van der Waals surface area contributed by atoms with Gasteiger partial charge in [-0.2, -0.15) is 5.48 Å². The van der Waals surface area contributed by atoms with Crippen molar-refractivity contribution in [3.05, 3.63) is 118 Å². The zero-order valence-electron chi connectivity index (χ0n) is 23.7. The van der Waals surface area contributed by atoms with Gasteiger partial charge in [0.1, 0.15) is 10.6 Å². The van der Waals surface area contributed by atoms with Crippen LogP contribution in [0.2, 0.25) is 10.0 Å². The Balaban J connectivity index is 1.62. The normalized spacial score (nSPS) is 15.7. The summed E-state index contributed by atoms with van der Waals surface area (Å²) in [6.07, 6.45) is 0. The van der Waals surface area contributed by atoms with Gasteiger partial charge in [0, 0.05) is 26.7 Å². The van der Waals surface area contributed by atoms with Crippen molar-refractivity contribution >= 4 is 56.6 Å². The second kappa shape index (κ2) is 12.8. The monoisotopic (exact) mass is 669 g/mol. The van der Waals surface area contributed by atoms with Crippen LogP contribution in [0.15, 0.2) is 95.9 Å². The minimum atomic E-state index is -4.81. The summed E-state index contributed by atoms with van der Waals surface area (Å²) in [5, 5.41) is 0.153. The predicted octanol–water partition coefficient (Wildman–Crippen LogP) is 4.82. The van der Waals surface area contributed by atoms with E-state index in [0.29, 0.717) is 10.1 Å². The molecular formula is C31H25Cl2N3O8S. The molecule has 0 fully saturated rings. The van der Waals surface area contributed by atoms with E-state index in [1.54, 1.807) is 49.4 Å². The Morgan fingerprint density at radius 1 is 0.889 bits per heavy atom. The molecule has 1 aliphatic heterocycles. The maximum Gasteiger partial charge on any atom is 0.284 e. The summed E-state index contributed by atoms with van der Waals surface area (Å²) >= 11 is 12.9. The number of fused-ring (bicyclic) bond motifs is 1. The van der Waals surface area contributed by atoms with E-state index in [1.165, 1.54) is 49.6 Å². The van der Waals surface area contributed by atoms with E-state index in [-0.39, 0.29) is 44.8 Å². The van der Waals surface area contributed by atoms with Crippen LogP contribution < -0.4 is 24.8 Å². The maximum absolute atomic E-state index is 14.6. The molecule has 1 heterocycles. The molecular weight excluding hydrogens is 645 g/mol. The Hall–Kier alpha value is -4.62. The van der Waals surface area contributed by atoms with Crippen molar-refractivity contribution < 1.29 is 37.2 Å². The van der Waals surface area contributed by atoms with Crippen molar-refractivity contribution in [1.29, 1.82) is 0 Å². The minimum absolute atomic E-state index is 0.00293. The lowest BCUT2D eigenvalue weighted by atomic mass is 9.74. The molecule has 232 valence electrons. The number of ether oxygens (including phenoxy) is 1. The summed E-state index contributed by atoms with van der Waals surface area (Å²) in [6.45, 7) is 1.67. The number of sulfonamides is 1. The predicted molar refractivity (Wildman–Crippen MR) is 166 cm³/mol. The van der Waals surface area contributed by atoms with Crippen molar-refractivity contribution in [1.82, 2.24) is 11.0 Å². The average Bonchev–Trinajstić information content (AvgIpc) is 3.31. The molecule has 3 amide bonds. The maximum atomic E-state index is 14.6. The van der Waals surface area contributed by atoms with Crippen molar-refractivity contribution in [2.24, 2.45) is 0 Å². The van der Waals surface area contributed by atoms with Crippen molar-refractivity contribution in [3.8, 4) is 11.5 Å². The molecule has 11 nitrogen and oxygen atoms in total. The highest BCUT2D eigenvalue weighted by Gasteiger charge is 2.62. The van der Waals surface area contributed by atoms with Gasteiger partial charge in [0.05, 0.1) is 19.4 Å². The number of anilines is 1. The number of nitrogens with zero attached hydrogens (tertiary/aromatic N) is 1. The number of methoxy groups -OCH3 is 1. The lowest BCUT2D eigenvalue weighted by Crippen LogP contribution is -2.53. The zero-order valence-corrected chi connectivity index (χ0v) is 26.1. The highest BCUT2D eigenvalue weighted by Crippen LogP contribution is 2.51. The molecule has 4 aromatic rings. The van der Waals surface area contributed by atoms with Gasteiger partial charge in [-0.3, -0.25) is 19.2 Å². The zero-order chi connectivity index (χ0) is 32.4. The number of rotatable bonds is 10. The number of nitrogens with one attached hydrogen (secondary N) is 2. The highest BCUT2D eigenvalue weighted by molar-refractivity contribution is 7.93. The number of hydrogen-bond donors (Lipinski definition) is 2. The van der Waals surface area contributed by atoms with Gasteiger partial charge in [0.15, 0.2) is 11.2 Å². The SMILES string of the molecule is CCONC(=O)C1(c2ccccc2Cl)C(=O)N(S(=O)(=O)c2ccc(C(=O)NOc3ccccc3)cc2OC)c2ccc(Cl)cc21. The topological polar surface area (TPSA) is 140 Å². The first kappa shape index (κ1) is 31.8. The fraction of sp³-hybridized carbons (Fsp3) is 0.129. The summed E-state index contributed by atoms with van der Waals surface area (Å²) in [5.41, 5.74) is 2.04. The van der Waals surface area contributed by atoms with Gasteiger partial charge in [-0.25, -0.2) is 18.2 Å². The molecule has 0 radical (unpaired) electrons. The molecule has 0 saturated heterocycles. The molecule has 5 rings (SSSR count). The second-order valence-corrected chi connectivity index (χ2v) is 12.1. The third kappa shape index (κ3) is 5.57. The van der Waals surface area contributed by atoms with Crippen LogP contribution in [0.4, 0.5) is 5.69 Å². The summed E-state index contributed by atoms with van der Waals surface area (Å²) in [6, 6.07) is 22.1. The van der Waals surface area contributed by atoms with Crippen LogP contribution in [0.5, 0.6) is 11.5 Å². The third-order valence-electron chi connectivity index (χ3n) is 6.96. The number of carbonyl (C=O) groups is 3.